The Morgan fingerprint density at radius 1 is 0.833 bits per heavy atom. The molecule has 0 aliphatic rings. The van der Waals surface area contributed by atoms with Crippen molar-refractivity contribution in [2.24, 2.45) is 5.73 Å². The standard InChI is InChI=1S/C22H14Cl2N2O4/c23-14-6-3-7-15(24)13(14)10-26-16-8-1-4-11(20(27)22(29)30)18(16)19-12(21(25)28)5-2-9-17(19)26/h1-9H,10H2,(H2,25,28)(H,29,30). The minimum absolute atomic E-state index is 0.0253. The second-order valence-corrected chi connectivity index (χ2v) is 7.50. The third-order valence-corrected chi connectivity index (χ3v) is 5.71. The van der Waals surface area contributed by atoms with E-state index < -0.39 is 17.7 Å². The SMILES string of the molecule is NC(=O)c1cccc2c1c1c(C(=O)C(=O)O)cccc1n2Cc1c(Cl)cccc1Cl. The van der Waals surface area contributed by atoms with Gasteiger partial charge in [-0.1, -0.05) is 41.4 Å². The molecule has 0 saturated heterocycles. The number of aliphatic carboxylic acids is 1. The number of amides is 1. The fourth-order valence-corrected chi connectivity index (χ4v) is 4.22. The van der Waals surface area contributed by atoms with Crippen molar-refractivity contribution >= 4 is 62.7 Å². The van der Waals surface area contributed by atoms with E-state index in [9.17, 15) is 19.5 Å². The van der Waals surface area contributed by atoms with Gasteiger partial charge < -0.3 is 15.4 Å². The topological polar surface area (TPSA) is 102 Å². The number of hydrogen-bond donors (Lipinski definition) is 2. The first-order valence-corrected chi connectivity index (χ1v) is 9.61. The van der Waals surface area contributed by atoms with E-state index in [4.69, 9.17) is 28.9 Å². The Labute approximate surface area is 180 Å². The summed E-state index contributed by atoms with van der Waals surface area (Å²) in [4.78, 5) is 35.9. The highest BCUT2D eigenvalue weighted by atomic mass is 35.5. The zero-order chi connectivity index (χ0) is 21.6. The van der Waals surface area contributed by atoms with Crippen molar-refractivity contribution in [1.82, 2.24) is 4.57 Å². The Balaban J connectivity index is 2.14. The lowest BCUT2D eigenvalue weighted by Gasteiger charge is -2.11. The lowest BCUT2D eigenvalue weighted by atomic mass is 9.99. The molecular formula is C22H14Cl2N2O4. The van der Waals surface area contributed by atoms with Gasteiger partial charge in [-0.3, -0.25) is 9.59 Å². The summed E-state index contributed by atoms with van der Waals surface area (Å²) in [5.41, 5.74) is 7.55. The molecule has 0 saturated carbocycles. The first kappa shape index (κ1) is 19.9. The molecule has 3 aromatic carbocycles. The predicted molar refractivity (Wildman–Crippen MR) is 115 cm³/mol. The molecule has 0 bridgehead atoms. The van der Waals surface area contributed by atoms with E-state index in [0.717, 1.165) is 0 Å². The summed E-state index contributed by atoms with van der Waals surface area (Å²) in [5.74, 6) is -3.35. The van der Waals surface area contributed by atoms with Gasteiger partial charge in [0.25, 0.3) is 5.78 Å². The second kappa shape index (κ2) is 7.48. The van der Waals surface area contributed by atoms with Crippen molar-refractivity contribution in [3.8, 4) is 0 Å². The monoisotopic (exact) mass is 440 g/mol. The zero-order valence-corrected chi connectivity index (χ0v) is 16.9. The van der Waals surface area contributed by atoms with Gasteiger partial charge in [-0.05, 0) is 36.4 Å². The van der Waals surface area contributed by atoms with Crippen LogP contribution in [0.5, 0.6) is 0 Å². The normalized spacial score (nSPS) is 11.1. The maximum atomic E-state index is 12.4. The molecule has 0 radical (unpaired) electrons. The molecule has 1 amide bonds. The van der Waals surface area contributed by atoms with Crippen LogP contribution < -0.4 is 5.73 Å². The number of ketones is 1. The van der Waals surface area contributed by atoms with Gasteiger partial charge in [0.2, 0.25) is 5.91 Å². The van der Waals surface area contributed by atoms with E-state index in [1.807, 2.05) is 4.57 Å². The smallest absolute Gasteiger partial charge is 0.377 e. The summed E-state index contributed by atoms with van der Waals surface area (Å²) >= 11 is 12.7. The summed E-state index contributed by atoms with van der Waals surface area (Å²) in [6.45, 7) is 0.242. The number of hydrogen-bond acceptors (Lipinski definition) is 3. The van der Waals surface area contributed by atoms with Gasteiger partial charge in [-0.15, -0.1) is 0 Å². The molecule has 0 aliphatic carbocycles. The molecule has 6 nitrogen and oxygen atoms in total. The van der Waals surface area contributed by atoms with E-state index in [0.29, 0.717) is 37.4 Å². The molecule has 0 atom stereocenters. The summed E-state index contributed by atoms with van der Waals surface area (Å²) in [7, 11) is 0. The number of carbonyl (C=O) groups is 3. The number of rotatable bonds is 5. The number of fused-ring (bicyclic) bond motifs is 3. The number of nitrogens with two attached hydrogens (primary N) is 1. The number of carboxylic acid groups (broad SMARTS) is 1. The fourth-order valence-electron chi connectivity index (χ4n) is 3.71. The largest absolute Gasteiger partial charge is 0.475 e. The summed E-state index contributed by atoms with van der Waals surface area (Å²) < 4.78 is 1.84. The van der Waals surface area contributed by atoms with E-state index in [1.165, 1.54) is 6.07 Å². The molecule has 0 fully saturated rings. The van der Waals surface area contributed by atoms with Gasteiger partial charge in [0.15, 0.2) is 0 Å². The molecule has 3 N–H and O–H groups in total. The molecule has 0 unspecified atom stereocenters. The van der Waals surface area contributed by atoms with Gasteiger partial charge in [-0.2, -0.15) is 0 Å². The number of halogens is 2. The minimum Gasteiger partial charge on any atom is -0.475 e. The number of carbonyl (C=O) groups excluding carboxylic acids is 2. The highest BCUT2D eigenvalue weighted by Crippen LogP contribution is 2.36. The van der Waals surface area contributed by atoms with E-state index in [2.05, 4.69) is 0 Å². The van der Waals surface area contributed by atoms with Crippen LogP contribution in [0.4, 0.5) is 0 Å². The number of nitrogens with zero attached hydrogens (tertiary/aromatic N) is 1. The molecule has 4 rings (SSSR count). The molecule has 8 heteroatoms. The number of aromatic nitrogens is 1. The Morgan fingerprint density at radius 2 is 1.33 bits per heavy atom. The van der Waals surface area contributed by atoms with Crippen molar-refractivity contribution in [3.63, 3.8) is 0 Å². The number of Topliss-reactive ketones (excluding diaryl/α,β-unsaturated/α-hetero) is 1. The molecular weight excluding hydrogens is 427 g/mol. The molecule has 0 aliphatic heterocycles. The van der Waals surface area contributed by atoms with Gasteiger partial charge in [0.1, 0.15) is 0 Å². The Kier molecular flexibility index (Phi) is 4.97. The lowest BCUT2D eigenvalue weighted by Crippen LogP contribution is -2.14. The summed E-state index contributed by atoms with van der Waals surface area (Å²) in [6.07, 6.45) is 0. The van der Waals surface area contributed by atoms with Gasteiger partial charge in [0.05, 0.1) is 17.6 Å². The zero-order valence-electron chi connectivity index (χ0n) is 15.4. The van der Waals surface area contributed by atoms with Crippen LogP contribution in [0.3, 0.4) is 0 Å². The van der Waals surface area contributed by atoms with Crippen LogP contribution >= 0.6 is 23.2 Å². The van der Waals surface area contributed by atoms with Gasteiger partial charge in [0, 0.05) is 37.5 Å². The van der Waals surface area contributed by atoms with Crippen LogP contribution in [0.15, 0.2) is 54.6 Å². The molecule has 1 aromatic heterocycles. The van der Waals surface area contributed by atoms with Gasteiger partial charge >= 0.3 is 5.97 Å². The van der Waals surface area contributed by atoms with Gasteiger partial charge in [-0.25, -0.2) is 4.79 Å². The molecule has 1 heterocycles. The van der Waals surface area contributed by atoms with E-state index in [1.54, 1.807) is 48.5 Å². The van der Waals surface area contributed by atoms with E-state index in [-0.39, 0.29) is 17.7 Å². The molecule has 150 valence electrons. The van der Waals surface area contributed by atoms with Crippen LogP contribution in [-0.4, -0.2) is 27.3 Å². The maximum Gasteiger partial charge on any atom is 0.377 e. The third kappa shape index (κ3) is 3.10. The highest BCUT2D eigenvalue weighted by Gasteiger charge is 2.24. The molecule has 0 spiro atoms. The highest BCUT2D eigenvalue weighted by molar-refractivity contribution is 6.43. The Hall–Kier alpha value is -3.35. The average Bonchev–Trinajstić information content (AvgIpc) is 3.04. The predicted octanol–water partition coefficient (Wildman–Crippen LogP) is 4.52. The minimum atomic E-state index is -1.59. The molecule has 30 heavy (non-hydrogen) atoms. The fraction of sp³-hybridized carbons (Fsp3) is 0.0455. The van der Waals surface area contributed by atoms with Crippen molar-refractivity contribution in [1.29, 1.82) is 0 Å². The Bertz CT molecular complexity index is 1350. The second-order valence-electron chi connectivity index (χ2n) is 6.68. The Morgan fingerprint density at radius 3 is 1.87 bits per heavy atom. The number of primary amides is 1. The van der Waals surface area contributed by atoms with Crippen LogP contribution in [0.1, 0.15) is 26.3 Å². The third-order valence-electron chi connectivity index (χ3n) is 5.00. The van der Waals surface area contributed by atoms with Crippen molar-refractivity contribution in [2.45, 2.75) is 6.54 Å². The van der Waals surface area contributed by atoms with Crippen LogP contribution in [-0.2, 0) is 11.3 Å². The van der Waals surface area contributed by atoms with Crippen molar-refractivity contribution < 1.29 is 19.5 Å². The quantitative estimate of drug-likeness (QED) is 0.351. The maximum absolute atomic E-state index is 12.4. The van der Waals surface area contributed by atoms with Crippen LogP contribution in [0.25, 0.3) is 21.8 Å². The first-order valence-electron chi connectivity index (χ1n) is 8.85. The van der Waals surface area contributed by atoms with E-state index >= 15 is 0 Å². The first-order chi connectivity index (χ1) is 14.3. The molecule has 4 aromatic rings. The lowest BCUT2D eigenvalue weighted by molar-refractivity contribution is -0.131. The summed E-state index contributed by atoms with van der Waals surface area (Å²) in [5, 5.41) is 11.0. The summed E-state index contributed by atoms with van der Waals surface area (Å²) in [6, 6.07) is 14.9. The van der Waals surface area contributed by atoms with Crippen LogP contribution in [0, 0.1) is 0 Å². The average molecular weight is 441 g/mol. The van der Waals surface area contributed by atoms with Crippen molar-refractivity contribution in [2.75, 3.05) is 0 Å². The van der Waals surface area contributed by atoms with Crippen molar-refractivity contribution in [3.05, 3.63) is 81.3 Å². The number of benzene rings is 3. The van der Waals surface area contributed by atoms with Crippen LogP contribution in [0.2, 0.25) is 10.0 Å². The number of carboxylic acids is 1.